The molecule has 1 N–H and O–H groups in total. The lowest BCUT2D eigenvalue weighted by atomic mass is 9.98. The van der Waals surface area contributed by atoms with E-state index in [1.165, 1.54) is 0 Å². The quantitative estimate of drug-likeness (QED) is 0.656. The van der Waals surface area contributed by atoms with Crippen molar-refractivity contribution in [2.75, 3.05) is 18.0 Å². The third kappa shape index (κ3) is 3.01. The number of carbonyl (C=O) groups excluding carboxylic acids is 2. The van der Waals surface area contributed by atoms with Crippen molar-refractivity contribution < 1.29 is 14.7 Å². The standard InChI is InChI=1S/C18H19NO3/c1-3-19(4-2)14-9-10-16(17(21)11-14)18(22)15-8-6-5-7-13(15)12-20/h5-12,21H,3-4H2,1-2H3. The molecule has 4 nitrogen and oxygen atoms in total. The molecule has 0 unspecified atom stereocenters. The van der Waals surface area contributed by atoms with Crippen LogP contribution in [0.25, 0.3) is 0 Å². The van der Waals surface area contributed by atoms with Crippen LogP contribution in [0.2, 0.25) is 0 Å². The largest absolute Gasteiger partial charge is 0.507 e. The van der Waals surface area contributed by atoms with E-state index in [1.54, 1.807) is 36.4 Å². The Balaban J connectivity index is 2.41. The van der Waals surface area contributed by atoms with E-state index in [1.807, 2.05) is 19.9 Å². The molecular formula is C18H19NO3. The normalized spacial score (nSPS) is 10.3. The number of rotatable bonds is 6. The number of hydrogen-bond acceptors (Lipinski definition) is 4. The van der Waals surface area contributed by atoms with Gasteiger partial charge in [0, 0.05) is 36.0 Å². The molecule has 0 heterocycles. The Bertz CT molecular complexity index is 690. The van der Waals surface area contributed by atoms with E-state index in [9.17, 15) is 14.7 Å². The maximum absolute atomic E-state index is 12.5. The Morgan fingerprint density at radius 3 is 2.36 bits per heavy atom. The molecule has 0 aromatic heterocycles. The molecule has 0 amide bonds. The smallest absolute Gasteiger partial charge is 0.197 e. The SMILES string of the molecule is CCN(CC)c1ccc(C(=O)c2ccccc2C=O)c(O)c1. The lowest BCUT2D eigenvalue weighted by Crippen LogP contribution is -2.21. The van der Waals surface area contributed by atoms with Gasteiger partial charge in [0.1, 0.15) is 5.75 Å². The predicted octanol–water partition coefficient (Wildman–Crippen LogP) is 3.28. The topological polar surface area (TPSA) is 57.6 Å². The first-order valence-electron chi connectivity index (χ1n) is 7.29. The van der Waals surface area contributed by atoms with Crippen LogP contribution < -0.4 is 4.90 Å². The number of aldehydes is 1. The Kier molecular flexibility index (Phi) is 4.94. The highest BCUT2D eigenvalue weighted by molar-refractivity contribution is 6.14. The number of benzene rings is 2. The van der Waals surface area contributed by atoms with Gasteiger partial charge in [-0.3, -0.25) is 9.59 Å². The minimum absolute atomic E-state index is 0.0740. The van der Waals surface area contributed by atoms with Gasteiger partial charge >= 0.3 is 0 Å². The van der Waals surface area contributed by atoms with Crippen LogP contribution in [0.4, 0.5) is 5.69 Å². The first kappa shape index (κ1) is 15.8. The molecular weight excluding hydrogens is 278 g/mol. The van der Waals surface area contributed by atoms with Crippen molar-refractivity contribution in [2.45, 2.75) is 13.8 Å². The molecule has 4 heteroatoms. The van der Waals surface area contributed by atoms with Crippen LogP contribution in [0.15, 0.2) is 42.5 Å². The van der Waals surface area contributed by atoms with Crippen molar-refractivity contribution in [1.82, 2.24) is 0 Å². The number of anilines is 1. The first-order chi connectivity index (χ1) is 10.6. The van der Waals surface area contributed by atoms with Crippen LogP contribution >= 0.6 is 0 Å². The molecule has 2 aromatic rings. The molecule has 0 saturated heterocycles. The maximum Gasteiger partial charge on any atom is 0.197 e. The minimum Gasteiger partial charge on any atom is -0.507 e. The third-order valence-electron chi connectivity index (χ3n) is 3.69. The van der Waals surface area contributed by atoms with Crippen molar-refractivity contribution in [3.05, 3.63) is 59.2 Å². The zero-order chi connectivity index (χ0) is 16.1. The van der Waals surface area contributed by atoms with Gasteiger partial charge in [-0.05, 0) is 26.0 Å². The van der Waals surface area contributed by atoms with E-state index in [2.05, 4.69) is 4.90 Å². The zero-order valence-electron chi connectivity index (χ0n) is 12.7. The summed E-state index contributed by atoms with van der Waals surface area (Å²) < 4.78 is 0. The van der Waals surface area contributed by atoms with Gasteiger partial charge in [-0.25, -0.2) is 0 Å². The number of phenolic OH excluding ortho intramolecular Hbond substituents is 1. The molecule has 0 radical (unpaired) electrons. The Labute approximate surface area is 130 Å². The molecule has 0 aliphatic rings. The number of aromatic hydroxyl groups is 1. The van der Waals surface area contributed by atoms with Crippen LogP contribution in [0, 0.1) is 0 Å². The van der Waals surface area contributed by atoms with Gasteiger partial charge in [-0.2, -0.15) is 0 Å². The van der Waals surface area contributed by atoms with Crippen molar-refractivity contribution >= 4 is 17.8 Å². The highest BCUT2D eigenvalue weighted by Crippen LogP contribution is 2.27. The van der Waals surface area contributed by atoms with Crippen molar-refractivity contribution in [1.29, 1.82) is 0 Å². The van der Waals surface area contributed by atoms with E-state index < -0.39 is 0 Å². The van der Waals surface area contributed by atoms with Crippen LogP contribution in [-0.2, 0) is 0 Å². The van der Waals surface area contributed by atoms with Crippen molar-refractivity contribution in [3.63, 3.8) is 0 Å². The van der Waals surface area contributed by atoms with E-state index in [0.29, 0.717) is 17.4 Å². The summed E-state index contributed by atoms with van der Waals surface area (Å²) in [7, 11) is 0. The average molecular weight is 297 g/mol. The molecule has 0 spiro atoms. The molecule has 0 aliphatic heterocycles. The van der Waals surface area contributed by atoms with Crippen LogP contribution in [0.5, 0.6) is 5.75 Å². The summed E-state index contributed by atoms with van der Waals surface area (Å²) in [4.78, 5) is 25.7. The van der Waals surface area contributed by atoms with E-state index in [4.69, 9.17) is 0 Å². The molecule has 2 aromatic carbocycles. The van der Waals surface area contributed by atoms with Gasteiger partial charge in [0.15, 0.2) is 12.1 Å². The van der Waals surface area contributed by atoms with Crippen LogP contribution in [-0.4, -0.2) is 30.3 Å². The molecule has 0 saturated carbocycles. The van der Waals surface area contributed by atoms with Crippen LogP contribution in [0.1, 0.15) is 40.1 Å². The summed E-state index contributed by atoms with van der Waals surface area (Å²) in [5.74, 6) is -0.429. The van der Waals surface area contributed by atoms with Gasteiger partial charge in [-0.15, -0.1) is 0 Å². The van der Waals surface area contributed by atoms with Gasteiger partial charge in [0.05, 0.1) is 5.56 Å². The first-order valence-corrected chi connectivity index (χ1v) is 7.29. The second-order valence-electron chi connectivity index (χ2n) is 4.91. The van der Waals surface area contributed by atoms with Gasteiger partial charge < -0.3 is 10.0 Å². The Morgan fingerprint density at radius 2 is 1.77 bits per heavy atom. The fraction of sp³-hybridized carbons (Fsp3) is 0.222. The molecule has 0 aliphatic carbocycles. The van der Waals surface area contributed by atoms with E-state index in [-0.39, 0.29) is 17.1 Å². The maximum atomic E-state index is 12.5. The number of hydrogen-bond donors (Lipinski definition) is 1. The monoisotopic (exact) mass is 297 g/mol. The highest BCUT2D eigenvalue weighted by Gasteiger charge is 2.17. The zero-order valence-corrected chi connectivity index (χ0v) is 12.7. The van der Waals surface area contributed by atoms with Gasteiger partial charge in [-0.1, -0.05) is 24.3 Å². The van der Waals surface area contributed by atoms with Gasteiger partial charge in [0.25, 0.3) is 0 Å². The van der Waals surface area contributed by atoms with E-state index >= 15 is 0 Å². The lowest BCUT2D eigenvalue weighted by Gasteiger charge is -2.21. The molecule has 0 atom stereocenters. The molecule has 0 bridgehead atoms. The minimum atomic E-state index is -0.355. The second-order valence-corrected chi connectivity index (χ2v) is 4.91. The fourth-order valence-corrected chi connectivity index (χ4v) is 2.45. The van der Waals surface area contributed by atoms with Crippen LogP contribution in [0.3, 0.4) is 0 Å². The summed E-state index contributed by atoms with van der Waals surface area (Å²) in [6, 6.07) is 11.6. The molecule has 0 fully saturated rings. The number of nitrogens with zero attached hydrogens (tertiary/aromatic N) is 1. The molecule has 2 rings (SSSR count). The summed E-state index contributed by atoms with van der Waals surface area (Å²) in [6.07, 6.45) is 0.647. The average Bonchev–Trinajstić information content (AvgIpc) is 2.55. The van der Waals surface area contributed by atoms with Gasteiger partial charge in [0.2, 0.25) is 0 Å². The predicted molar refractivity (Wildman–Crippen MR) is 86.9 cm³/mol. The Morgan fingerprint density at radius 1 is 1.09 bits per heavy atom. The summed E-state index contributed by atoms with van der Waals surface area (Å²) >= 11 is 0. The Hall–Kier alpha value is -2.62. The summed E-state index contributed by atoms with van der Waals surface area (Å²) in [6.45, 7) is 5.69. The van der Waals surface area contributed by atoms with Crippen molar-refractivity contribution in [2.24, 2.45) is 0 Å². The number of phenols is 1. The highest BCUT2D eigenvalue weighted by atomic mass is 16.3. The van der Waals surface area contributed by atoms with Crippen molar-refractivity contribution in [3.8, 4) is 5.75 Å². The van der Waals surface area contributed by atoms with E-state index in [0.717, 1.165) is 18.8 Å². The molecule has 114 valence electrons. The lowest BCUT2D eigenvalue weighted by molar-refractivity contribution is 0.102. The molecule has 22 heavy (non-hydrogen) atoms. The number of carbonyl (C=O) groups is 2. The summed E-state index contributed by atoms with van der Waals surface area (Å²) in [5, 5.41) is 10.2. The third-order valence-corrected chi connectivity index (χ3v) is 3.69. The summed E-state index contributed by atoms with van der Waals surface area (Å²) in [5.41, 5.74) is 1.68. The number of ketones is 1. The second kappa shape index (κ2) is 6.89. The fourth-order valence-electron chi connectivity index (χ4n) is 2.45.